The fourth-order valence-corrected chi connectivity index (χ4v) is 3.65. The van der Waals surface area contributed by atoms with Crippen molar-refractivity contribution in [2.75, 3.05) is 13.7 Å². The molecule has 0 aliphatic carbocycles. The maximum atomic E-state index is 6.13. The summed E-state index contributed by atoms with van der Waals surface area (Å²) in [4.78, 5) is 4.70. The third kappa shape index (κ3) is 3.87. The number of methoxy groups -OCH3 is 1. The van der Waals surface area contributed by atoms with E-state index in [1.165, 1.54) is 16.7 Å². The number of pyridine rings is 1. The van der Waals surface area contributed by atoms with Gasteiger partial charge in [-0.1, -0.05) is 43.3 Å². The summed E-state index contributed by atoms with van der Waals surface area (Å²) in [7, 11) is 1.70. The van der Waals surface area contributed by atoms with Crippen LogP contribution in [0.4, 0.5) is 0 Å². The number of benzene rings is 2. The van der Waals surface area contributed by atoms with E-state index in [9.17, 15) is 0 Å². The maximum Gasteiger partial charge on any atom is 0.162 e. The first kappa shape index (κ1) is 18.5. The van der Waals surface area contributed by atoms with Gasteiger partial charge in [-0.25, -0.2) is 0 Å². The molecule has 0 saturated heterocycles. The molecule has 0 fully saturated rings. The Kier molecular flexibility index (Phi) is 5.58. The van der Waals surface area contributed by atoms with Crippen molar-refractivity contribution in [2.45, 2.75) is 32.4 Å². The standard InChI is InChI=1S/C24H26N2O2/c1-3-17-9-10-21(26-15-17)24-20-14-23(28-16-18-7-5-4-6-8-18)22(27-2)13-19(20)11-12-25-24/h4-10,13-15,24-25H,3,11-12,16H2,1-2H3. The Morgan fingerprint density at radius 2 is 1.89 bits per heavy atom. The molecule has 0 amide bonds. The number of ether oxygens (including phenoxy) is 2. The Morgan fingerprint density at radius 3 is 2.61 bits per heavy atom. The largest absolute Gasteiger partial charge is 0.493 e. The van der Waals surface area contributed by atoms with Crippen LogP contribution in [0.15, 0.2) is 60.8 Å². The Labute approximate surface area is 166 Å². The molecule has 1 aliphatic heterocycles. The quantitative estimate of drug-likeness (QED) is 0.691. The summed E-state index contributed by atoms with van der Waals surface area (Å²) < 4.78 is 11.7. The molecule has 2 heterocycles. The third-order valence-electron chi connectivity index (χ3n) is 5.27. The highest BCUT2D eigenvalue weighted by atomic mass is 16.5. The number of hydrogen-bond acceptors (Lipinski definition) is 4. The minimum absolute atomic E-state index is 0.0691. The van der Waals surface area contributed by atoms with E-state index >= 15 is 0 Å². The van der Waals surface area contributed by atoms with Crippen LogP contribution in [0, 0.1) is 0 Å². The number of aromatic nitrogens is 1. The van der Waals surface area contributed by atoms with Crippen LogP contribution in [0.25, 0.3) is 0 Å². The molecule has 0 radical (unpaired) electrons. The van der Waals surface area contributed by atoms with Gasteiger partial charge in [0.15, 0.2) is 11.5 Å². The van der Waals surface area contributed by atoms with Crippen LogP contribution >= 0.6 is 0 Å². The smallest absolute Gasteiger partial charge is 0.162 e. The number of rotatable bonds is 6. The molecule has 4 nitrogen and oxygen atoms in total. The zero-order valence-corrected chi connectivity index (χ0v) is 16.4. The number of hydrogen-bond donors (Lipinski definition) is 1. The average molecular weight is 374 g/mol. The van der Waals surface area contributed by atoms with E-state index in [0.29, 0.717) is 6.61 Å². The van der Waals surface area contributed by atoms with E-state index < -0.39 is 0 Å². The summed E-state index contributed by atoms with van der Waals surface area (Å²) in [6.45, 7) is 3.58. The van der Waals surface area contributed by atoms with Crippen LogP contribution in [-0.4, -0.2) is 18.6 Å². The van der Waals surface area contributed by atoms with Gasteiger partial charge in [0.1, 0.15) is 6.61 Å². The van der Waals surface area contributed by atoms with Crippen molar-refractivity contribution in [1.29, 1.82) is 0 Å². The molecule has 2 aromatic carbocycles. The topological polar surface area (TPSA) is 43.4 Å². The summed E-state index contributed by atoms with van der Waals surface area (Å²) in [5, 5.41) is 3.61. The molecule has 1 aromatic heterocycles. The Hall–Kier alpha value is -2.85. The van der Waals surface area contributed by atoms with Gasteiger partial charge in [0.05, 0.1) is 18.8 Å². The summed E-state index contributed by atoms with van der Waals surface area (Å²) >= 11 is 0. The van der Waals surface area contributed by atoms with Crippen molar-refractivity contribution >= 4 is 0 Å². The van der Waals surface area contributed by atoms with Gasteiger partial charge in [-0.2, -0.15) is 0 Å². The Bertz CT molecular complexity index is 923. The fourth-order valence-electron chi connectivity index (χ4n) is 3.65. The number of nitrogens with zero attached hydrogens (tertiary/aromatic N) is 1. The molecule has 1 atom stereocenters. The van der Waals surface area contributed by atoms with Gasteiger partial charge in [-0.05, 0) is 53.3 Å². The minimum Gasteiger partial charge on any atom is -0.493 e. The first-order chi connectivity index (χ1) is 13.8. The van der Waals surface area contributed by atoms with Gasteiger partial charge < -0.3 is 14.8 Å². The highest BCUT2D eigenvalue weighted by molar-refractivity contribution is 5.51. The molecular formula is C24H26N2O2. The SMILES string of the molecule is CCc1ccc(C2NCCc3cc(OC)c(OCc4ccccc4)cc32)nc1. The number of fused-ring (bicyclic) bond motifs is 1. The summed E-state index contributed by atoms with van der Waals surface area (Å²) in [5.74, 6) is 1.55. The Morgan fingerprint density at radius 1 is 1.04 bits per heavy atom. The van der Waals surface area contributed by atoms with E-state index in [0.717, 1.165) is 42.1 Å². The monoisotopic (exact) mass is 374 g/mol. The molecule has 0 bridgehead atoms. The minimum atomic E-state index is 0.0691. The van der Waals surface area contributed by atoms with Crippen molar-refractivity contribution in [3.63, 3.8) is 0 Å². The molecule has 0 spiro atoms. The third-order valence-corrected chi connectivity index (χ3v) is 5.27. The van der Waals surface area contributed by atoms with Gasteiger partial charge in [0, 0.05) is 12.7 Å². The lowest BCUT2D eigenvalue weighted by Crippen LogP contribution is -2.31. The molecule has 4 rings (SSSR count). The normalized spacial score (nSPS) is 15.7. The lowest BCUT2D eigenvalue weighted by Gasteiger charge is -2.28. The van der Waals surface area contributed by atoms with Gasteiger partial charge >= 0.3 is 0 Å². The zero-order valence-electron chi connectivity index (χ0n) is 16.4. The number of nitrogens with one attached hydrogen (secondary N) is 1. The van der Waals surface area contributed by atoms with Gasteiger partial charge in [-0.15, -0.1) is 0 Å². The van der Waals surface area contributed by atoms with Crippen LogP contribution in [0.5, 0.6) is 11.5 Å². The second-order valence-electron chi connectivity index (χ2n) is 7.06. The van der Waals surface area contributed by atoms with E-state index in [2.05, 4.69) is 48.6 Å². The summed E-state index contributed by atoms with van der Waals surface area (Å²) in [6.07, 6.45) is 3.94. The molecule has 1 N–H and O–H groups in total. The van der Waals surface area contributed by atoms with Crippen LogP contribution in [0.1, 0.15) is 40.9 Å². The molecule has 3 aromatic rings. The van der Waals surface area contributed by atoms with Gasteiger partial charge in [0.2, 0.25) is 0 Å². The molecule has 4 heteroatoms. The van der Waals surface area contributed by atoms with Crippen molar-refractivity contribution in [2.24, 2.45) is 0 Å². The highest BCUT2D eigenvalue weighted by Crippen LogP contribution is 2.37. The fraction of sp³-hybridized carbons (Fsp3) is 0.292. The molecule has 1 aliphatic rings. The summed E-state index contributed by atoms with van der Waals surface area (Å²) in [6, 6.07) is 18.8. The maximum absolute atomic E-state index is 6.13. The molecule has 144 valence electrons. The summed E-state index contributed by atoms with van der Waals surface area (Å²) in [5.41, 5.74) is 5.92. The first-order valence-electron chi connectivity index (χ1n) is 9.84. The molecular weight excluding hydrogens is 348 g/mol. The predicted octanol–water partition coefficient (Wildman–Crippen LogP) is 4.47. The molecule has 28 heavy (non-hydrogen) atoms. The van der Waals surface area contributed by atoms with Crippen molar-refractivity contribution < 1.29 is 9.47 Å². The van der Waals surface area contributed by atoms with E-state index in [4.69, 9.17) is 14.5 Å². The van der Waals surface area contributed by atoms with Crippen LogP contribution < -0.4 is 14.8 Å². The van der Waals surface area contributed by atoms with E-state index in [1.807, 2.05) is 24.4 Å². The predicted molar refractivity (Wildman–Crippen MR) is 111 cm³/mol. The van der Waals surface area contributed by atoms with E-state index in [1.54, 1.807) is 7.11 Å². The van der Waals surface area contributed by atoms with Gasteiger partial charge in [0.25, 0.3) is 0 Å². The van der Waals surface area contributed by atoms with Gasteiger partial charge in [-0.3, -0.25) is 4.98 Å². The van der Waals surface area contributed by atoms with Crippen molar-refractivity contribution in [3.05, 3.63) is 88.7 Å². The average Bonchev–Trinajstić information content (AvgIpc) is 2.77. The Balaban J connectivity index is 1.65. The zero-order chi connectivity index (χ0) is 19.3. The lowest BCUT2D eigenvalue weighted by molar-refractivity contribution is 0.283. The van der Waals surface area contributed by atoms with Crippen LogP contribution in [0.3, 0.4) is 0 Å². The van der Waals surface area contributed by atoms with Crippen molar-refractivity contribution in [1.82, 2.24) is 10.3 Å². The van der Waals surface area contributed by atoms with Crippen LogP contribution in [0.2, 0.25) is 0 Å². The molecule has 0 saturated carbocycles. The lowest BCUT2D eigenvalue weighted by atomic mass is 9.91. The second kappa shape index (κ2) is 8.44. The highest BCUT2D eigenvalue weighted by Gasteiger charge is 2.25. The van der Waals surface area contributed by atoms with Crippen molar-refractivity contribution in [3.8, 4) is 11.5 Å². The van der Waals surface area contributed by atoms with Crippen LogP contribution in [-0.2, 0) is 19.4 Å². The molecule has 1 unspecified atom stereocenters. The second-order valence-corrected chi connectivity index (χ2v) is 7.06. The number of aryl methyl sites for hydroxylation is 1. The first-order valence-corrected chi connectivity index (χ1v) is 9.84. The van der Waals surface area contributed by atoms with E-state index in [-0.39, 0.29) is 6.04 Å².